The van der Waals surface area contributed by atoms with Gasteiger partial charge in [0.25, 0.3) is 5.91 Å². The van der Waals surface area contributed by atoms with Crippen molar-refractivity contribution >= 4 is 35.1 Å². The van der Waals surface area contributed by atoms with Crippen molar-refractivity contribution in [2.45, 2.75) is 6.54 Å². The highest BCUT2D eigenvalue weighted by Crippen LogP contribution is 2.13. The topological polar surface area (TPSA) is 109 Å². The van der Waals surface area contributed by atoms with Crippen LogP contribution in [0.5, 0.6) is 0 Å². The van der Waals surface area contributed by atoms with Crippen molar-refractivity contribution in [3.05, 3.63) is 90.0 Å². The molecule has 0 saturated carbocycles. The van der Waals surface area contributed by atoms with Crippen LogP contribution in [0.15, 0.2) is 78.9 Å². The van der Waals surface area contributed by atoms with E-state index in [2.05, 4.69) is 26.0 Å². The highest BCUT2D eigenvalue weighted by atomic mass is 16.5. The summed E-state index contributed by atoms with van der Waals surface area (Å²) in [6.07, 6.45) is -0.547. The minimum absolute atomic E-state index is 0.229. The molecule has 0 bridgehead atoms. The molecule has 4 amide bonds. The maximum absolute atomic E-state index is 12.3. The Morgan fingerprint density at radius 3 is 1.94 bits per heavy atom. The Kier molecular flexibility index (Phi) is 7.21. The number of nitrogens with one attached hydrogen (secondary N) is 4. The van der Waals surface area contributed by atoms with Crippen LogP contribution in [0, 0.1) is 0 Å². The van der Waals surface area contributed by atoms with E-state index in [1.807, 2.05) is 18.2 Å². The summed E-state index contributed by atoms with van der Waals surface area (Å²) in [4.78, 5) is 35.6. The fraction of sp³-hybridized carbons (Fsp3) is 0.0870. The molecule has 0 fully saturated rings. The molecule has 0 aromatic heterocycles. The number of carbonyl (C=O) groups excluding carboxylic acids is 3. The summed E-state index contributed by atoms with van der Waals surface area (Å²) in [6.45, 7) is 0.307. The first kappa shape index (κ1) is 21.4. The Morgan fingerprint density at radius 2 is 1.29 bits per heavy atom. The molecule has 0 aliphatic rings. The quantitative estimate of drug-likeness (QED) is 0.475. The molecule has 158 valence electrons. The first-order valence-corrected chi connectivity index (χ1v) is 9.49. The van der Waals surface area contributed by atoms with Crippen LogP contribution in [0.1, 0.15) is 15.9 Å². The largest absolute Gasteiger partial charge is 0.453 e. The van der Waals surface area contributed by atoms with Gasteiger partial charge in [-0.25, -0.2) is 9.59 Å². The SMILES string of the molecule is COC(=O)Nc1ccc(CNC(=O)Nc2ccc(C(=O)Nc3ccccc3)cc2)cc1. The number of urea groups is 1. The maximum atomic E-state index is 12.3. The van der Waals surface area contributed by atoms with Crippen molar-refractivity contribution in [2.75, 3.05) is 23.1 Å². The molecule has 3 aromatic carbocycles. The molecular formula is C23H22N4O4. The molecule has 0 saturated heterocycles. The number of hydrogen-bond acceptors (Lipinski definition) is 4. The molecule has 0 aliphatic carbocycles. The van der Waals surface area contributed by atoms with Gasteiger partial charge < -0.3 is 20.7 Å². The lowest BCUT2D eigenvalue weighted by Crippen LogP contribution is -2.28. The fourth-order valence-electron chi connectivity index (χ4n) is 2.66. The number of amides is 4. The standard InChI is InChI=1S/C23H22N4O4/c1-31-23(30)27-20-11-7-16(8-12-20)15-24-22(29)26-19-13-9-17(10-14-19)21(28)25-18-5-3-2-4-6-18/h2-14H,15H2,1H3,(H,25,28)(H,27,30)(H2,24,26,29). The predicted molar refractivity (Wildman–Crippen MR) is 119 cm³/mol. The summed E-state index contributed by atoms with van der Waals surface area (Å²) in [5.74, 6) is -0.229. The summed E-state index contributed by atoms with van der Waals surface area (Å²) in [5, 5.41) is 10.8. The maximum Gasteiger partial charge on any atom is 0.411 e. The highest BCUT2D eigenvalue weighted by Gasteiger charge is 2.07. The molecule has 0 spiro atoms. The zero-order chi connectivity index (χ0) is 22.1. The van der Waals surface area contributed by atoms with Crippen molar-refractivity contribution in [3.8, 4) is 0 Å². The second kappa shape index (κ2) is 10.4. The number of anilines is 3. The van der Waals surface area contributed by atoms with Gasteiger partial charge in [0.15, 0.2) is 0 Å². The van der Waals surface area contributed by atoms with Gasteiger partial charge in [-0.2, -0.15) is 0 Å². The highest BCUT2D eigenvalue weighted by molar-refractivity contribution is 6.04. The minimum Gasteiger partial charge on any atom is -0.453 e. The molecule has 0 unspecified atom stereocenters. The lowest BCUT2D eigenvalue weighted by molar-refractivity contribution is 0.102. The molecule has 8 heteroatoms. The molecule has 0 radical (unpaired) electrons. The Bertz CT molecular complexity index is 1040. The van der Waals surface area contributed by atoms with E-state index in [0.29, 0.717) is 29.2 Å². The van der Waals surface area contributed by atoms with Gasteiger partial charge in [0.2, 0.25) is 0 Å². The van der Waals surface area contributed by atoms with Gasteiger partial charge in [-0.3, -0.25) is 10.1 Å². The summed E-state index contributed by atoms with van der Waals surface area (Å²) in [6, 6.07) is 22.4. The van der Waals surface area contributed by atoms with Gasteiger partial charge in [-0.05, 0) is 54.1 Å². The van der Waals surface area contributed by atoms with Crippen molar-refractivity contribution in [1.29, 1.82) is 0 Å². The third-order valence-electron chi connectivity index (χ3n) is 4.28. The molecule has 0 heterocycles. The van der Waals surface area contributed by atoms with E-state index in [1.54, 1.807) is 60.7 Å². The van der Waals surface area contributed by atoms with Crippen molar-refractivity contribution < 1.29 is 19.1 Å². The number of benzene rings is 3. The van der Waals surface area contributed by atoms with Crippen LogP contribution in [0.3, 0.4) is 0 Å². The lowest BCUT2D eigenvalue weighted by atomic mass is 10.2. The lowest BCUT2D eigenvalue weighted by Gasteiger charge is -2.10. The van der Waals surface area contributed by atoms with Crippen LogP contribution in [-0.4, -0.2) is 25.1 Å². The Balaban J connectivity index is 1.47. The normalized spacial score (nSPS) is 9.97. The third kappa shape index (κ3) is 6.60. The Hall–Kier alpha value is -4.33. The first-order valence-electron chi connectivity index (χ1n) is 9.49. The van der Waals surface area contributed by atoms with Crippen LogP contribution < -0.4 is 21.3 Å². The van der Waals surface area contributed by atoms with Crippen LogP contribution in [-0.2, 0) is 11.3 Å². The number of para-hydroxylation sites is 1. The van der Waals surface area contributed by atoms with Gasteiger partial charge in [0.1, 0.15) is 0 Å². The van der Waals surface area contributed by atoms with E-state index in [9.17, 15) is 14.4 Å². The van der Waals surface area contributed by atoms with E-state index in [0.717, 1.165) is 5.56 Å². The van der Waals surface area contributed by atoms with Crippen LogP contribution in [0.25, 0.3) is 0 Å². The number of carbonyl (C=O) groups is 3. The minimum atomic E-state index is -0.547. The van der Waals surface area contributed by atoms with Gasteiger partial charge in [0.05, 0.1) is 7.11 Å². The smallest absolute Gasteiger partial charge is 0.411 e. The number of methoxy groups -OCH3 is 1. The second-order valence-corrected chi connectivity index (χ2v) is 6.52. The van der Waals surface area contributed by atoms with E-state index in [1.165, 1.54) is 7.11 Å². The van der Waals surface area contributed by atoms with Crippen LogP contribution in [0.2, 0.25) is 0 Å². The van der Waals surface area contributed by atoms with Gasteiger partial charge >= 0.3 is 12.1 Å². The number of rotatable bonds is 6. The predicted octanol–water partition coefficient (Wildman–Crippen LogP) is 4.44. The summed E-state index contributed by atoms with van der Waals surface area (Å²) >= 11 is 0. The zero-order valence-corrected chi connectivity index (χ0v) is 16.8. The molecule has 3 aromatic rings. The average molecular weight is 418 g/mol. The van der Waals surface area contributed by atoms with E-state index < -0.39 is 6.09 Å². The van der Waals surface area contributed by atoms with E-state index in [-0.39, 0.29) is 11.9 Å². The van der Waals surface area contributed by atoms with Crippen molar-refractivity contribution in [1.82, 2.24) is 5.32 Å². The zero-order valence-electron chi connectivity index (χ0n) is 16.8. The van der Waals surface area contributed by atoms with E-state index in [4.69, 9.17) is 0 Å². The summed E-state index contributed by atoms with van der Waals surface area (Å²) in [7, 11) is 1.29. The van der Waals surface area contributed by atoms with Crippen molar-refractivity contribution in [2.24, 2.45) is 0 Å². The van der Waals surface area contributed by atoms with Gasteiger partial charge in [-0.1, -0.05) is 30.3 Å². The van der Waals surface area contributed by atoms with Gasteiger partial charge in [-0.15, -0.1) is 0 Å². The Labute approximate surface area is 179 Å². The molecular weight excluding hydrogens is 396 g/mol. The molecule has 31 heavy (non-hydrogen) atoms. The second-order valence-electron chi connectivity index (χ2n) is 6.52. The Morgan fingerprint density at radius 1 is 0.710 bits per heavy atom. The molecule has 4 N–H and O–H groups in total. The summed E-state index contributed by atoms with van der Waals surface area (Å²) in [5.41, 5.74) is 3.21. The third-order valence-corrected chi connectivity index (χ3v) is 4.28. The average Bonchev–Trinajstić information content (AvgIpc) is 2.79. The summed E-state index contributed by atoms with van der Waals surface area (Å²) < 4.78 is 4.53. The molecule has 0 aliphatic heterocycles. The van der Waals surface area contributed by atoms with Crippen LogP contribution >= 0.6 is 0 Å². The first-order chi connectivity index (χ1) is 15.0. The van der Waals surface area contributed by atoms with Crippen molar-refractivity contribution in [3.63, 3.8) is 0 Å². The molecule has 8 nitrogen and oxygen atoms in total. The molecule has 0 atom stereocenters. The van der Waals surface area contributed by atoms with E-state index >= 15 is 0 Å². The van der Waals surface area contributed by atoms with Crippen LogP contribution in [0.4, 0.5) is 26.7 Å². The number of hydrogen-bond donors (Lipinski definition) is 4. The monoisotopic (exact) mass is 418 g/mol. The van der Waals surface area contributed by atoms with Gasteiger partial charge in [0, 0.05) is 29.2 Å². The molecule has 3 rings (SSSR count). The number of ether oxygens (including phenoxy) is 1. The fourth-order valence-corrected chi connectivity index (χ4v) is 2.66.